The summed E-state index contributed by atoms with van der Waals surface area (Å²) in [7, 11) is 1.83. The fourth-order valence-electron chi connectivity index (χ4n) is 3.56. The minimum atomic E-state index is -0.208. The second kappa shape index (κ2) is 9.71. The zero-order valence-corrected chi connectivity index (χ0v) is 15.5. The molecule has 0 radical (unpaired) electrons. The molecule has 1 atom stereocenters. The van der Waals surface area contributed by atoms with Crippen LogP contribution in [0, 0.1) is 0 Å². The second-order valence-corrected chi connectivity index (χ2v) is 6.38. The summed E-state index contributed by atoms with van der Waals surface area (Å²) in [6.07, 6.45) is 3.68. The lowest BCUT2D eigenvalue weighted by Gasteiger charge is -2.38. The summed E-state index contributed by atoms with van der Waals surface area (Å²) >= 11 is 0. The number of hydrogen-bond acceptors (Lipinski definition) is 4. The lowest BCUT2D eigenvalue weighted by molar-refractivity contribution is 0.0912. The molecule has 7 heteroatoms. The highest BCUT2D eigenvalue weighted by molar-refractivity contribution is 5.80. The van der Waals surface area contributed by atoms with Gasteiger partial charge in [-0.25, -0.2) is 4.79 Å². The third-order valence-corrected chi connectivity index (χ3v) is 4.97. The number of nitrogens with one attached hydrogen (secondary N) is 1. The van der Waals surface area contributed by atoms with E-state index in [9.17, 15) is 4.79 Å². The number of aliphatic imine (C=N–C) groups is 1. The summed E-state index contributed by atoms with van der Waals surface area (Å²) in [6.45, 7) is 10.7. The fraction of sp³-hybridized carbons (Fsp3) is 0.882. The van der Waals surface area contributed by atoms with Crippen molar-refractivity contribution >= 4 is 12.1 Å². The first kappa shape index (κ1) is 18.8. The molecule has 0 saturated carbocycles. The predicted molar refractivity (Wildman–Crippen MR) is 96.4 cm³/mol. The topological polar surface area (TPSA) is 60.4 Å². The van der Waals surface area contributed by atoms with E-state index in [0.29, 0.717) is 25.7 Å². The number of likely N-dealkylation sites (N-methyl/N-ethyl adjacent to an activating group) is 1. The van der Waals surface area contributed by atoms with Crippen LogP contribution in [0.2, 0.25) is 0 Å². The van der Waals surface area contributed by atoms with Crippen molar-refractivity contribution in [2.24, 2.45) is 4.99 Å². The van der Waals surface area contributed by atoms with Gasteiger partial charge in [-0.05, 0) is 32.9 Å². The maximum atomic E-state index is 11.8. The van der Waals surface area contributed by atoms with Crippen molar-refractivity contribution in [1.82, 2.24) is 20.0 Å². The van der Waals surface area contributed by atoms with Gasteiger partial charge in [-0.3, -0.25) is 9.89 Å². The Morgan fingerprint density at radius 3 is 2.46 bits per heavy atom. The standard InChI is InChI=1S/C17H33N5O2/c1-4-20-9-7-6-8-15(20)14-19-16(18-3)21-10-12-22(13-11-21)17(23)24-5-2/h15H,4-14H2,1-3H3,(H,18,19). The molecule has 0 aliphatic carbocycles. The predicted octanol–water partition coefficient (Wildman–Crippen LogP) is 1.21. The van der Waals surface area contributed by atoms with Crippen molar-refractivity contribution in [1.29, 1.82) is 0 Å². The van der Waals surface area contributed by atoms with E-state index in [0.717, 1.165) is 32.1 Å². The molecule has 1 unspecified atom stereocenters. The van der Waals surface area contributed by atoms with Gasteiger partial charge >= 0.3 is 6.09 Å². The quantitative estimate of drug-likeness (QED) is 0.616. The maximum Gasteiger partial charge on any atom is 0.409 e. The number of ether oxygens (including phenoxy) is 1. The van der Waals surface area contributed by atoms with Crippen LogP contribution in [0.4, 0.5) is 4.79 Å². The van der Waals surface area contributed by atoms with Crippen molar-refractivity contribution in [3.63, 3.8) is 0 Å². The smallest absolute Gasteiger partial charge is 0.409 e. The van der Waals surface area contributed by atoms with Crippen molar-refractivity contribution in [2.45, 2.75) is 39.2 Å². The molecule has 0 aromatic carbocycles. The van der Waals surface area contributed by atoms with E-state index >= 15 is 0 Å². The van der Waals surface area contributed by atoms with Gasteiger partial charge in [0.15, 0.2) is 5.96 Å². The highest BCUT2D eigenvalue weighted by Gasteiger charge is 2.25. The van der Waals surface area contributed by atoms with E-state index in [4.69, 9.17) is 4.74 Å². The molecule has 2 rings (SSSR count). The molecule has 2 aliphatic heterocycles. The minimum Gasteiger partial charge on any atom is -0.450 e. The van der Waals surface area contributed by atoms with Crippen molar-refractivity contribution < 1.29 is 9.53 Å². The number of nitrogens with zero attached hydrogens (tertiary/aromatic N) is 4. The molecule has 0 aromatic heterocycles. The Morgan fingerprint density at radius 2 is 1.83 bits per heavy atom. The molecule has 24 heavy (non-hydrogen) atoms. The molecular weight excluding hydrogens is 306 g/mol. The van der Waals surface area contributed by atoms with Gasteiger partial charge in [0.1, 0.15) is 0 Å². The van der Waals surface area contributed by atoms with Crippen molar-refractivity contribution in [3.05, 3.63) is 0 Å². The Hall–Kier alpha value is -1.50. The third kappa shape index (κ3) is 5.00. The van der Waals surface area contributed by atoms with Crippen LogP contribution in [-0.2, 0) is 4.74 Å². The number of likely N-dealkylation sites (tertiary alicyclic amines) is 1. The molecule has 2 saturated heterocycles. The first-order valence-electron chi connectivity index (χ1n) is 9.30. The van der Waals surface area contributed by atoms with Crippen LogP contribution >= 0.6 is 0 Å². The molecule has 2 heterocycles. The number of piperazine rings is 1. The first-order valence-corrected chi connectivity index (χ1v) is 9.30. The highest BCUT2D eigenvalue weighted by atomic mass is 16.6. The Morgan fingerprint density at radius 1 is 1.12 bits per heavy atom. The van der Waals surface area contributed by atoms with Gasteiger partial charge in [0.05, 0.1) is 6.61 Å². The zero-order chi connectivity index (χ0) is 17.4. The van der Waals surface area contributed by atoms with Gasteiger partial charge in [0, 0.05) is 45.8 Å². The zero-order valence-electron chi connectivity index (χ0n) is 15.5. The van der Waals surface area contributed by atoms with E-state index in [-0.39, 0.29) is 6.09 Å². The van der Waals surface area contributed by atoms with Gasteiger partial charge < -0.3 is 19.9 Å². The molecule has 7 nitrogen and oxygen atoms in total. The van der Waals surface area contributed by atoms with Crippen molar-refractivity contribution in [3.8, 4) is 0 Å². The molecule has 138 valence electrons. The van der Waals surface area contributed by atoms with Gasteiger partial charge in [-0.1, -0.05) is 13.3 Å². The molecule has 2 aliphatic rings. The monoisotopic (exact) mass is 339 g/mol. The number of hydrogen-bond donors (Lipinski definition) is 1. The lowest BCUT2D eigenvalue weighted by atomic mass is 10.0. The number of amides is 1. The lowest BCUT2D eigenvalue weighted by Crippen LogP contribution is -2.55. The summed E-state index contributed by atoms with van der Waals surface area (Å²) in [5.41, 5.74) is 0. The van der Waals surface area contributed by atoms with Crippen LogP contribution in [0.3, 0.4) is 0 Å². The summed E-state index contributed by atoms with van der Waals surface area (Å²) < 4.78 is 5.07. The number of carbonyl (C=O) groups is 1. The van der Waals surface area contributed by atoms with E-state index in [1.165, 1.54) is 25.8 Å². The Kier molecular flexibility index (Phi) is 7.62. The Balaban J connectivity index is 1.79. The van der Waals surface area contributed by atoms with E-state index in [1.54, 1.807) is 4.90 Å². The summed E-state index contributed by atoms with van der Waals surface area (Å²) in [6, 6.07) is 0.598. The summed E-state index contributed by atoms with van der Waals surface area (Å²) in [5, 5.41) is 3.54. The Bertz CT molecular complexity index is 421. The maximum absolute atomic E-state index is 11.8. The van der Waals surface area contributed by atoms with Gasteiger partial charge in [0.2, 0.25) is 0 Å². The molecular formula is C17H33N5O2. The fourth-order valence-corrected chi connectivity index (χ4v) is 3.56. The van der Waals surface area contributed by atoms with Crippen molar-refractivity contribution in [2.75, 3.05) is 59.5 Å². The molecule has 2 fully saturated rings. The second-order valence-electron chi connectivity index (χ2n) is 6.38. The minimum absolute atomic E-state index is 0.208. The van der Waals surface area contributed by atoms with Crippen LogP contribution < -0.4 is 5.32 Å². The van der Waals surface area contributed by atoms with E-state index in [1.807, 2.05) is 14.0 Å². The largest absolute Gasteiger partial charge is 0.450 e. The van der Waals surface area contributed by atoms with Gasteiger partial charge in [-0.15, -0.1) is 0 Å². The average Bonchev–Trinajstić information content (AvgIpc) is 2.63. The number of rotatable bonds is 4. The number of carbonyl (C=O) groups excluding carboxylic acids is 1. The van der Waals surface area contributed by atoms with Gasteiger partial charge in [0.25, 0.3) is 0 Å². The normalized spacial score (nSPS) is 23.3. The van der Waals surface area contributed by atoms with E-state index in [2.05, 4.69) is 27.0 Å². The average molecular weight is 339 g/mol. The molecule has 1 amide bonds. The van der Waals surface area contributed by atoms with Crippen LogP contribution in [0.1, 0.15) is 33.1 Å². The van der Waals surface area contributed by atoms with Crippen LogP contribution in [-0.4, -0.2) is 92.3 Å². The van der Waals surface area contributed by atoms with Crippen LogP contribution in [0.25, 0.3) is 0 Å². The van der Waals surface area contributed by atoms with Crippen LogP contribution in [0.5, 0.6) is 0 Å². The van der Waals surface area contributed by atoms with Crippen LogP contribution in [0.15, 0.2) is 4.99 Å². The molecule has 0 aromatic rings. The molecule has 0 bridgehead atoms. The highest BCUT2D eigenvalue weighted by Crippen LogP contribution is 2.16. The third-order valence-electron chi connectivity index (χ3n) is 4.97. The SMILES string of the molecule is CCOC(=O)N1CCN(C(=NC)NCC2CCCCN2CC)CC1. The van der Waals surface area contributed by atoms with Gasteiger partial charge in [-0.2, -0.15) is 0 Å². The summed E-state index contributed by atoms with van der Waals surface area (Å²) in [5.74, 6) is 0.945. The summed E-state index contributed by atoms with van der Waals surface area (Å²) in [4.78, 5) is 22.8. The molecule has 1 N–H and O–H groups in total. The van der Waals surface area contributed by atoms with E-state index < -0.39 is 0 Å². The number of guanidine groups is 1. The Labute approximate surface area is 146 Å². The first-order chi connectivity index (χ1) is 11.7. The number of piperidine rings is 1. The molecule has 0 spiro atoms.